The van der Waals surface area contributed by atoms with Crippen molar-refractivity contribution in [2.45, 2.75) is 72.0 Å². The number of hydrogen-bond acceptors (Lipinski definition) is 7. The van der Waals surface area contributed by atoms with Crippen LogP contribution in [0.5, 0.6) is 0 Å². The summed E-state index contributed by atoms with van der Waals surface area (Å²) in [7, 11) is -1.27. The maximum absolute atomic E-state index is 13.0. The molecular weight excluding hydrogens is 422 g/mol. The topological polar surface area (TPSA) is 71.5 Å². The summed E-state index contributed by atoms with van der Waals surface area (Å²) in [5.41, 5.74) is 0.376. The van der Waals surface area contributed by atoms with E-state index in [2.05, 4.69) is 62.9 Å². The predicted octanol–water partition coefficient (Wildman–Crippen LogP) is 3.78. The van der Waals surface area contributed by atoms with Crippen molar-refractivity contribution < 1.29 is 14.0 Å². The number of carbonyl (C=O) groups excluding carboxylic acids is 2. The van der Waals surface area contributed by atoms with Gasteiger partial charge in [-0.15, -0.1) is 11.3 Å². The largest absolute Gasteiger partial charge is 0.415 e. The molecule has 1 aromatic heterocycles. The minimum Gasteiger partial charge on any atom is -0.415 e. The van der Waals surface area contributed by atoms with Gasteiger partial charge in [0.15, 0.2) is 19.3 Å². The number of thioether (sulfide) groups is 1. The van der Waals surface area contributed by atoms with Crippen LogP contribution >= 0.6 is 23.1 Å². The first kappa shape index (κ1) is 24.4. The van der Waals surface area contributed by atoms with Gasteiger partial charge in [-0.25, -0.2) is 4.98 Å². The fraction of sp³-hybridized carbons (Fsp3) is 0.750. The number of carbonyl (C=O) groups is 2. The first-order valence-corrected chi connectivity index (χ1v) is 14.8. The number of amides is 1. The quantitative estimate of drug-likeness (QED) is 0.599. The summed E-state index contributed by atoms with van der Waals surface area (Å²) in [6, 6.07) is -0.0806. The van der Waals surface area contributed by atoms with Crippen LogP contribution in [0.4, 0.5) is 5.13 Å². The molecule has 1 saturated heterocycles. The summed E-state index contributed by atoms with van der Waals surface area (Å²) in [6.07, 6.45) is -0.0454. The molecule has 0 bridgehead atoms. The van der Waals surface area contributed by atoms with Gasteiger partial charge >= 0.3 is 0 Å². The lowest BCUT2D eigenvalue weighted by Gasteiger charge is -2.40. The van der Waals surface area contributed by atoms with Crippen molar-refractivity contribution in [3.63, 3.8) is 0 Å². The Morgan fingerprint density at radius 2 is 1.97 bits per heavy atom. The van der Waals surface area contributed by atoms with Gasteiger partial charge in [0.2, 0.25) is 0 Å². The van der Waals surface area contributed by atoms with Crippen LogP contribution in [0.15, 0.2) is 5.38 Å². The minimum absolute atomic E-state index is 0.0454. The van der Waals surface area contributed by atoms with E-state index in [4.69, 9.17) is 4.43 Å². The molecule has 2 heterocycles. The summed E-state index contributed by atoms with van der Waals surface area (Å²) in [5.74, 6) is 0.0958. The molecule has 0 aliphatic carbocycles. The highest BCUT2D eigenvalue weighted by atomic mass is 32.2. The SMILES string of the molecule is CC(=O)SC1CN(c2nc(C(=O)N[C@@H](C(C)C)C(O[SiH](C)C)C(C)(C)C)cs2)C1. The number of anilines is 1. The minimum atomic E-state index is -1.27. The smallest absolute Gasteiger partial charge is 0.271 e. The monoisotopic (exact) mass is 457 g/mol. The normalized spacial score (nSPS) is 17.4. The van der Waals surface area contributed by atoms with E-state index in [-0.39, 0.29) is 34.5 Å². The first-order chi connectivity index (χ1) is 13.4. The molecule has 1 aliphatic rings. The van der Waals surface area contributed by atoms with E-state index in [0.29, 0.717) is 10.9 Å². The standard InChI is InChI=1S/C20H35N3O3S2Si/c1-12(2)16(17(20(4,5)6)26-29(7)8)22-18(25)15-11-27-19(21-15)23-9-14(10-23)28-13(3)24/h11-12,14,16-17,29H,9-10H2,1-8H3,(H,22,25)/t16-,17?/m0/s1. The molecule has 0 radical (unpaired) electrons. The zero-order valence-electron chi connectivity index (χ0n) is 18.8. The zero-order valence-corrected chi connectivity index (χ0v) is 21.6. The number of nitrogens with one attached hydrogen (secondary N) is 1. The molecule has 9 heteroatoms. The number of hydrogen-bond donors (Lipinski definition) is 1. The lowest BCUT2D eigenvalue weighted by atomic mass is 9.81. The van der Waals surface area contributed by atoms with Gasteiger partial charge in [-0.05, 0) is 24.4 Å². The summed E-state index contributed by atoms with van der Waals surface area (Å²) in [6.45, 7) is 18.2. The molecule has 6 nitrogen and oxygen atoms in total. The Kier molecular flexibility index (Phi) is 8.35. The zero-order chi connectivity index (χ0) is 21.9. The van der Waals surface area contributed by atoms with Crippen LogP contribution in [0.1, 0.15) is 52.0 Å². The third kappa shape index (κ3) is 6.80. The molecule has 1 fully saturated rings. The van der Waals surface area contributed by atoms with E-state index in [1.165, 1.54) is 23.1 Å². The van der Waals surface area contributed by atoms with E-state index in [0.717, 1.165) is 18.2 Å². The van der Waals surface area contributed by atoms with Crippen LogP contribution in [0, 0.1) is 11.3 Å². The van der Waals surface area contributed by atoms with Crippen LogP contribution in [-0.4, -0.2) is 55.5 Å². The molecule has 0 spiro atoms. The lowest BCUT2D eigenvalue weighted by Crippen LogP contribution is -2.54. The van der Waals surface area contributed by atoms with Crippen LogP contribution in [0.25, 0.3) is 0 Å². The number of nitrogens with zero attached hydrogens (tertiary/aromatic N) is 2. The number of rotatable bonds is 8. The molecule has 1 aliphatic heterocycles. The van der Waals surface area contributed by atoms with Crippen molar-refractivity contribution in [2.75, 3.05) is 18.0 Å². The summed E-state index contributed by atoms with van der Waals surface area (Å²) in [5, 5.41) is 6.33. The average molecular weight is 458 g/mol. The van der Waals surface area contributed by atoms with E-state index >= 15 is 0 Å². The molecule has 29 heavy (non-hydrogen) atoms. The second kappa shape index (κ2) is 9.94. The van der Waals surface area contributed by atoms with Crippen LogP contribution in [0.3, 0.4) is 0 Å². The number of aromatic nitrogens is 1. The summed E-state index contributed by atoms with van der Waals surface area (Å²) < 4.78 is 6.36. The van der Waals surface area contributed by atoms with Crippen molar-refractivity contribution in [3.8, 4) is 0 Å². The summed E-state index contributed by atoms with van der Waals surface area (Å²) in [4.78, 5) is 30.8. The van der Waals surface area contributed by atoms with E-state index < -0.39 is 9.04 Å². The van der Waals surface area contributed by atoms with Crippen LogP contribution < -0.4 is 10.2 Å². The fourth-order valence-electron chi connectivity index (χ4n) is 3.36. The fourth-order valence-corrected chi connectivity index (χ4v) is 6.32. The van der Waals surface area contributed by atoms with Gasteiger partial charge in [-0.1, -0.05) is 46.4 Å². The highest BCUT2D eigenvalue weighted by Gasteiger charge is 2.37. The Bertz CT molecular complexity index is 712. The van der Waals surface area contributed by atoms with E-state index in [1.54, 1.807) is 6.92 Å². The van der Waals surface area contributed by atoms with Gasteiger partial charge in [0.1, 0.15) is 5.69 Å². The van der Waals surface area contributed by atoms with Gasteiger partial charge in [0, 0.05) is 30.6 Å². The Hall–Kier alpha value is -0.903. The van der Waals surface area contributed by atoms with Crippen LogP contribution in [-0.2, 0) is 9.22 Å². The molecule has 1 amide bonds. The molecular formula is C20H35N3O3S2Si. The van der Waals surface area contributed by atoms with Gasteiger partial charge in [-0.2, -0.15) is 0 Å². The molecule has 2 atom stereocenters. The summed E-state index contributed by atoms with van der Waals surface area (Å²) >= 11 is 2.86. The second-order valence-corrected chi connectivity index (χ2v) is 14.0. The molecule has 1 N–H and O–H groups in total. The molecule has 1 unspecified atom stereocenters. The third-order valence-corrected chi connectivity index (χ3v) is 7.49. The highest BCUT2D eigenvalue weighted by Crippen LogP contribution is 2.32. The molecule has 164 valence electrons. The third-order valence-electron chi connectivity index (χ3n) is 4.79. The van der Waals surface area contributed by atoms with Crippen molar-refractivity contribution in [1.82, 2.24) is 10.3 Å². The van der Waals surface area contributed by atoms with E-state index in [1.807, 2.05) is 5.38 Å². The molecule has 1 aromatic rings. The first-order valence-electron chi connectivity index (χ1n) is 10.2. The highest BCUT2D eigenvalue weighted by molar-refractivity contribution is 8.14. The average Bonchev–Trinajstić information content (AvgIpc) is 3.01. The molecule has 0 saturated carbocycles. The van der Waals surface area contributed by atoms with Crippen LogP contribution in [0.2, 0.25) is 13.1 Å². The maximum Gasteiger partial charge on any atom is 0.271 e. The molecule has 2 rings (SSSR count). The van der Waals surface area contributed by atoms with Gasteiger partial charge < -0.3 is 14.6 Å². The Morgan fingerprint density at radius 1 is 1.34 bits per heavy atom. The second-order valence-electron chi connectivity index (χ2n) is 9.37. The van der Waals surface area contributed by atoms with E-state index in [9.17, 15) is 9.59 Å². The van der Waals surface area contributed by atoms with Gasteiger partial charge in [-0.3, -0.25) is 9.59 Å². The Morgan fingerprint density at radius 3 is 2.45 bits per heavy atom. The predicted molar refractivity (Wildman–Crippen MR) is 126 cm³/mol. The van der Waals surface area contributed by atoms with Gasteiger partial charge in [0.05, 0.1) is 12.1 Å². The van der Waals surface area contributed by atoms with Crippen molar-refractivity contribution >= 4 is 48.3 Å². The Labute approximate surface area is 184 Å². The van der Waals surface area contributed by atoms with Crippen molar-refractivity contribution in [1.29, 1.82) is 0 Å². The number of thiazole rings is 1. The maximum atomic E-state index is 13.0. The Balaban J connectivity index is 2.05. The molecule has 0 aromatic carbocycles. The van der Waals surface area contributed by atoms with Crippen molar-refractivity contribution in [2.24, 2.45) is 11.3 Å². The lowest BCUT2D eigenvalue weighted by molar-refractivity contribution is -0.109. The van der Waals surface area contributed by atoms with Gasteiger partial charge in [0.25, 0.3) is 5.91 Å². The van der Waals surface area contributed by atoms with Crippen molar-refractivity contribution in [3.05, 3.63) is 11.1 Å².